The molecule has 0 aliphatic heterocycles. The number of nitrogens with zero attached hydrogens (tertiary/aromatic N) is 2. The van der Waals surface area contributed by atoms with Crippen molar-refractivity contribution in [3.63, 3.8) is 0 Å². The molecule has 1 heterocycles. The number of rotatable bonds is 6. The Hall–Kier alpha value is -1.88. The Morgan fingerprint density at radius 2 is 2.26 bits per heavy atom. The Morgan fingerprint density at radius 3 is 3.00 bits per heavy atom. The molecule has 102 valence electrons. The van der Waals surface area contributed by atoms with Gasteiger partial charge in [0.25, 0.3) is 0 Å². The maximum absolute atomic E-state index is 13.2. The van der Waals surface area contributed by atoms with Crippen molar-refractivity contribution >= 4 is 0 Å². The van der Waals surface area contributed by atoms with Crippen LogP contribution in [0.5, 0.6) is 5.75 Å². The molecule has 0 radical (unpaired) electrons. The van der Waals surface area contributed by atoms with Crippen molar-refractivity contribution in [3.8, 4) is 5.75 Å². The lowest BCUT2D eigenvalue weighted by molar-refractivity contribution is 0.291. The summed E-state index contributed by atoms with van der Waals surface area (Å²) in [7, 11) is 1.82. The third-order valence-electron chi connectivity index (χ3n) is 2.90. The second-order valence-corrected chi connectivity index (χ2v) is 4.24. The molecule has 0 saturated carbocycles. The number of nitrogens with one attached hydrogen (secondary N) is 1. The van der Waals surface area contributed by atoms with Crippen LogP contribution in [0.15, 0.2) is 30.7 Å². The predicted octanol–water partition coefficient (Wildman–Crippen LogP) is 2.34. The zero-order valence-electron chi connectivity index (χ0n) is 11.2. The molecule has 4 nitrogen and oxygen atoms in total. The zero-order valence-corrected chi connectivity index (χ0v) is 11.2. The summed E-state index contributed by atoms with van der Waals surface area (Å²) in [5, 5.41) is 3.00. The van der Waals surface area contributed by atoms with E-state index in [1.807, 2.05) is 11.6 Å². The average Bonchev–Trinajstić information content (AvgIpc) is 2.85. The summed E-state index contributed by atoms with van der Waals surface area (Å²) in [4.78, 5) is 4.09. The predicted molar refractivity (Wildman–Crippen MR) is 71.4 cm³/mol. The number of halogens is 1. The van der Waals surface area contributed by atoms with Crippen molar-refractivity contribution in [1.82, 2.24) is 14.9 Å². The molecule has 2 aromatic rings. The van der Waals surface area contributed by atoms with Crippen LogP contribution < -0.4 is 10.1 Å². The number of aromatic nitrogens is 2. The van der Waals surface area contributed by atoms with Gasteiger partial charge in [0.15, 0.2) is 0 Å². The van der Waals surface area contributed by atoms with Gasteiger partial charge in [-0.3, -0.25) is 0 Å². The van der Waals surface area contributed by atoms with E-state index in [4.69, 9.17) is 4.74 Å². The van der Waals surface area contributed by atoms with Crippen molar-refractivity contribution in [2.75, 3.05) is 7.05 Å². The van der Waals surface area contributed by atoms with E-state index in [1.165, 1.54) is 12.1 Å². The fourth-order valence-corrected chi connectivity index (χ4v) is 1.92. The van der Waals surface area contributed by atoms with Gasteiger partial charge in [-0.25, -0.2) is 9.37 Å². The third kappa shape index (κ3) is 3.32. The molecule has 0 fully saturated rings. The van der Waals surface area contributed by atoms with Gasteiger partial charge in [-0.15, -0.1) is 0 Å². The summed E-state index contributed by atoms with van der Waals surface area (Å²) < 4.78 is 21.0. The highest BCUT2D eigenvalue weighted by Gasteiger charge is 2.07. The molecular weight excluding hydrogens is 245 g/mol. The molecule has 0 unspecified atom stereocenters. The van der Waals surface area contributed by atoms with E-state index in [2.05, 4.69) is 17.2 Å². The third-order valence-corrected chi connectivity index (χ3v) is 2.90. The molecule has 2 rings (SSSR count). The summed E-state index contributed by atoms with van der Waals surface area (Å²) in [6.45, 7) is 3.90. The quantitative estimate of drug-likeness (QED) is 0.869. The van der Waals surface area contributed by atoms with Gasteiger partial charge in [-0.05, 0) is 32.2 Å². The molecule has 0 bridgehead atoms. The van der Waals surface area contributed by atoms with Gasteiger partial charge in [0.1, 0.15) is 18.2 Å². The number of benzene rings is 1. The van der Waals surface area contributed by atoms with Crippen LogP contribution >= 0.6 is 0 Å². The summed E-state index contributed by atoms with van der Waals surface area (Å²) >= 11 is 0. The van der Waals surface area contributed by atoms with Gasteiger partial charge in [-0.2, -0.15) is 0 Å². The number of ether oxygens (including phenoxy) is 1. The first-order valence-electron chi connectivity index (χ1n) is 6.29. The Kier molecular flexibility index (Phi) is 4.52. The number of hydrogen-bond donors (Lipinski definition) is 1. The van der Waals surface area contributed by atoms with Crippen LogP contribution in [-0.4, -0.2) is 16.6 Å². The molecule has 5 heteroatoms. The second kappa shape index (κ2) is 6.33. The van der Waals surface area contributed by atoms with Crippen LogP contribution in [-0.2, 0) is 19.7 Å². The average molecular weight is 263 g/mol. The van der Waals surface area contributed by atoms with Crippen molar-refractivity contribution in [2.45, 2.75) is 26.6 Å². The van der Waals surface area contributed by atoms with Crippen molar-refractivity contribution < 1.29 is 9.13 Å². The maximum Gasteiger partial charge on any atom is 0.130 e. The van der Waals surface area contributed by atoms with Gasteiger partial charge in [0.2, 0.25) is 0 Å². The van der Waals surface area contributed by atoms with Gasteiger partial charge >= 0.3 is 0 Å². The van der Waals surface area contributed by atoms with Crippen molar-refractivity contribution in [2.24, 2.45) is 0 Å². The minimum absolute atomic E-state index is 0.254. The molecule has 0 amide bonds. The van der Waals surface area contributed by atoms with Gasteiger partial charge in [0.05, 0.1) is 18.2 Å². The number of imidazole rings is 1. The van der Waals surface area contributed by atoms with Crippen LogP contribution in [0, 0.1) is 5.82 Å². The SMILES string of the molecule is CCn1cncc1COc1ccc(F)cc1CNC. The van der Waals surface area contributed by atoms with Crippen LogP contribution in [0.2, 0.25) is 0 Å². The number of aryl methyl sites for hydroxylation is 1. The fraction of sp³-hybridized carbons (Fsp3) is 0.357. The molecule has 1 aromatic carbocycles. The standard InChI is InChI=1S/C14H18FN3O/c1-3-18-10-17-8-13(18)9-19-14-5-4-12(15)6-11(14)7-16-2/h4-6,8,10,16H,3,7,9H2,1-2H3. The van der Waals surface area contributed by atoms with Crippen molar-refractivity contribution in [3.05, 3.63) is 47.8 Å². The Labute approximate surface area is 112 Å². The molecule has 1 aromatic heterocycles. The normalized spacial score (nSPS) is 10.7. The lowest BCUT2D eigenvalue weighted by atomic mass is 10.2. The smallest absolute Gasteiger partial charge is 0.130 e. The van der Waals surface area contributed by atoms with Gasteiger partial charge in [-0.1, -0.05) is 0 Å². The summed E-state index contributed by atoms with van der Waals surface area (Å²) in [6, 6.07) is 4.56. The minimum atomic E-state index is -0.254. The molecule has 19 heavy (non-hydrogen) atoms. The number of hydrogen-bond acceptors (Lipinski definition) is 3. The monoisotopic (exact) mass is 263 g/mol. The van der Waals surface area contributed by atoms with E-state index in [-0.39, 0.29) is 5.82 Å². The van der Waals surface area contributed by atoms with Gasteiger partial charge in [0, 0.05) is 18.7 Å². The summed E-state index contributed by atoms with van der Waals surface area (Å²) in [6.07, 6.45) is 3.56. The highest BCUT2D eigenvalue weighted by atomic mass is 19.1. The van der Waals surface area contributed by atoms with E-state index in [0.29, 0.717) is 18.9 Å². The largest absolute Gasteiger partial charge is 0.487 e. The van der Waals surface area contributed by atoms with Crippen LogP contribution in [0.1, 0.15) is 18.2 Å². The molecule has 0 saturated heterocycles. The van der Waals surface area contributed by atoms with E-state index in [1.54, 1.807) is 18.6 Å². The molecule has 0 aliphatic carbocycles. The first kappa shape index (κ1) is 13.5. The highest BCUT2D eigenvalue weighted by molar-refractivity contribution is 5.34. The minimum Gasteiger partial charge on any atom is -0.487 e. The second-order valence-electron chi connectivity index (χ2n) is 4.24. The first-order chi connectivity index (χ1) is 9.24. The van der Waals surface area contributed by atoms with E-state index >= 15 is 0 Å². The Balaban J connectivity index is 2.10. The zero-order chi connectivity index (χ0) is 13.7. The van der Waals surface area contributed by atoms with Crippen LogP contribution in [0.25, 0.3) is 0 Å². The maximum atomic E-state index is 13.2. The molecular formula is C14H18FN3O. The van der Waals surface area contributed by atoms with Crippen LogP contribution in [0.4, 0.5) is 4.39 Å². The van der Waals surface area contributed by atoms with E-state index in [0.717, 1.165) is 17.8 Å². The van der Waals surface area contributed by atoms with Crippen molar-refractivity contribution in [1.29, 1.82) is 0 Å². The summed E-state index contributed by atoms with van der Waals surface area (Å²) in [5.74, 6) is 0.441. The topological polar surface area (TPSA) is 39.1 Å². The fourth-order valence-electron chi connectivity index (χ4n) is 1.92. The van der Waals surface area contributed by atoms with Crippen LogP contribution in [0.3, 0.4) is 0 Å². The molecule has 0 atom stereocenters. The lowest BCUT2D eigenvalue weighted by Crippen LogP contribution is -2.09. The highest BCUT2D eigenvalue weighted by Crippen LogP contribution is 2.20. The van der Waals surface area contributed by atoms with E-state index in [9.17, 15) is 4.39 Å². The lowest BCUT2D eigenvalue weighted by Gasteiger charge is -2.12. The molecule has 0 spiro atoms. The Bertz CT molecular complexity index is 539. The first-order valence-corrected chi connectivity index (χ1v) is 6.29. The van der Waals surface area contributed by atoms with Gasteiger partial charge < -0.3 is 14.6 Å². The Morgan fingerprint density at radius 1 is 1.42 bits per heavy atom. The summed E-state index contributed by atoms with van der Waals surface area (Å²) in [5.41, 5.74) is 1.81. The molecule has 0 aliphatic rings. The van der Waals surface area contributed by atoms with E-state index < -0.39 is 0 Å². The molecule has 1 N–H and O–H groups in total.